The quantitative estimate of drug-likeness (QED) is 0.917. The van der Waals surface area contributed by atoms with E-state index in [-0.39, 0.29) is 11.9 Å². The lowest BCUT2D eigenvalue weighted by Gasteiger charge is -2.35. The summed E-state index contributed by atoms with van der Waals surface area (Å²) in [5.74, 6) is 0.578. The second kappa shape index (κ2) is 7.20. The SMILES string of the molecule is Cc1cnn(C[C@@H]2CCCCN2C(=O)c2cc(CC(C)C)[nH]n2)c1. The van der Waals surface area contributed by atoms with Gasteiger partial charge >= 0.3 is 0 Å². The number of H-pyrrole nitrogens is 1. The van der Waals surface area contributed by atoms with E-state index in [0.29, 0.717) is 11.6 Å². The third-order valence-electron chi connectivity index (χ3n) is 4.53. The Hall–Kier alpha value is -2.11. The molecule has 0 unspecified atom stereocenters. The first-order valence-corrected chi connectivity index (χ1v) is 8.87. The maximum absolute atomic E-state index is 12.9. The number of carbonyl (C=O) groups is 1. The van der Waals surface area contributed by atoms with Crippen LogP contribution in [0.15, 0.2) is 18.5 Å². The topological polar surface area (TPSA) is 66.8 Å². The van der Waals surface area contributed by atoms with Crippen LogP contribution in [0.3, 0.4) is 0 Å². The van der Waals surface area contributed by atoms with Crippen LogP contribution in [0.2, 0.25) is 0 Å². The van der Waals surface area contributed by atoms with Gasteiger partial charge in [0.05, 0.1) is 18.8 Å². The molecule has 1 fully saturated rings. The molecule has 130 valence electrons. The highest BCUT2D eigenvalue weighted by molar-refractivity contribution is 5.92. The molecule has 1 amide bonds. The standard InChI is InChI=1S/C18H27N5O/c1-13(2)8-15-9-17(21-20-15)18(24)23-7-5-4-6-16(23)12-22-11-14(3)10-19-22/h9-11,13,16H,4-8,12H2,1-3H3,(H,20,21)/t16-/m0/s1. The van der Waals surface area contributed by atoms with Gasteiger partial charge in [0.1, 0.15) is 5.69 Å². The summed E-state index contributed by atoms with van der Waals surface area (Å²) < 4.78 is 1.94. The van der Waals surface area contributed by atoms with Crippen molar-refractivity contribution in [2.24, 2.45) is 5.92 Å². The molecule has 0 bridgehead atoms. The summed E-state index contributed by atoms with van der Waals surface area (Å²) in [4.78, 5) is 14.9. The normalized spacial score (nSPS) is 18.3. The zero-order chi connectivity index (χ0) is 17.1. The summed E-state index contributed by atoms with van der Waals surface area (Å²) >= 11 is 0. The molecule has 3 rings (SSSR count). The number of nitrogens with one attached hydrogen (secondary N) is 1. The molecule has 1 aliphatic heterocycles. The fourth-order valence-electron chi connectivity index (χ4n) is 3.40. The van der Waals surface area contributed by atoms with Crippen LogP contribution in [0.1, 0.15) is 54.9 Å². The number of aromatic amines is 1. The van der Waals surface area contributed by atoms with Crippen LogP contribution in [-0.4, -0.2) is 43.4 Å². The van der Waals surface area contributed by atoms with Crippen LogP contribution in [0.4, 0.5) is 0 Å². The van der Waals surface area contributed by atoms with Gasteiger partial charge in [0.25, 0.3) is 5.91 Å². The summed E-state index contributed by atoms with van der Waals surface area (Å²) in [6.07, 6.45) is 8.05. The van der Waals surface area contributed by atoms with Gasteiger partial charge in [-0.3, -0.25) is 14.6 Å². The van der Waals surface area contributed by atoms with Gasteiger partial charge in [-0.15, -0.1) is 0 Å². The molecule has 3 heterocycles. The minimum absolute atomic E-state index is 0.0369. The Labute approximate surface area is 143 Å². The Balaban J connectivity index is 1.72. The molecule has 0 spiro atoms. The summed E-state index contributed by atoms with van der Waals surface area (Å²) in [6.45, 7) is 7.91. The van der Waals surface area contributed by atoms with E-state index < -0.39 is 0 Å². The van der Waals surface area contributed by atoms with Gasteiger partial charge < -0.3 is 4.90 Å². The number of piperidine rings is 1. The number of aryl methyl sites for hydroxylation is 1. The zero-order valence-electron chi connectivity index (χ0n) is 14.8. The highest BCUT2D eigenvalue weighted by atomic mass is 16.2. The number of aromatic nitrogens is 4. The molecule has 1 N–H and O–H groups in total. The molecule has 0 aromatic carbocycles. The fraction of sp³-hybridized carbons (Fsp3) is 0.611. The second-order valence-corrected chi connectivity index (χ2v) is 7.26. The molecule has 1 saturated heterocycles. The molecular formula is C18H27N5O. The van der Waals surface area contributed by atoms with E-state index in [1.165, 1.54) is 0 Å². The summed E-state index contributed by atoms with van der Waals surface area (Å²) in [5, 5.41) is 11.6. The number of hydrogen-bond donors (Lipinski definition) is 1. The lowest BCUT2D eigenvalue weighted by Crippen LogP contribution is -2.46. The fourth-order valence-corrected chi connectivity index (χ4v) is 3.40. The molecule has 6 heteroatoms. The number of likely N-dealkylation sites (tertiary alicyclic amines) is 1. The van der Waals surface area contributed by atoms with Gasteiger partial charge in [-0.25, -0.2) is 0 Å². The molecule has 2 aromatic rings. The number of nitrogens with zero attached hydrogens (tertiary/aromatic N) is 4. The Morgan fingerprint density at radius 1 is 1.42 bits per heavy atom. The van der Waals surface area contributed by atoms with E-state index >= 15 is 0 Å². The predicted molar refractivity (Wildman–Crippen MR) is 92.8 cm³/mol. The van der Waals surface area contributed by atoms with Gasteiger partial charge in [0.15, 0.2) is 0 Å². The molecule has 2 aromatic heterocycles. The monoisotopic (exact) mass is 329 g/mol. The molecule has 1 atom stereocenters. The molecular weight excluding hydrogens is 302 g/mol. The first-order chi connectivity index (χ1) is 11.5. The first-order valence-electron chi connectivity index (χ1n) is 8.87. The van der Waals surface area contributed by atoms with Crippen LogP contribution >= 0.6 is 0 Å². The van der Waals surface area contributed by atoms with E-state index in [4.69, 9.17) is 0 Å². The maximum atomic E-state index is 12.9. The lowest BCUT2D eigenvalue weighted by molar-refractivity contribution is 0.0578. The van der Waals surface area contributed by atoms with Crippen molar-refractivity contribution in [3.05, 3.63) is 35.4 Å². The third kappa shape index (κ3) is 3.86. The number of carbonyl (C=O) groups excluding carboxylic acids is 1. The van der Waals surface area contributed by atoms with Gasteiger partial charge in [0, 0.05) is 18.4 Å². The van der Waals surface area contributed by atoms with Gasteiger partial charge in [-0.1, -0.05) is 13.8 Å². The van der Waals surface area contributed by atoms with Crippen LogP contribution in [0.25, 0.3) is 0 Å². The van der Waals surface area contributed by atoms with Crippen molar-refractivity contribution in [3.63, 3.8) is 0 Å². The molecule has 0 radical (unpaired) electrons. The predicted octanol–water partition coefficient (Wildman–Crippen LogP) is 2.81. The van der Waals surface area contributed by atoms with E-state index in [1.54, 1.807) is 0 Å². The van der Waals surface area contributed by atoms with Crippen molar-refractivity contribution in [3.8, 4) is 0 Å². The maximum Gasteiger partial charge on any atom is 0.274 e. The number of amides is 1. The average molecular weight is 329 g/mol. The van der Waals surface area contributed by atoms with Crippen molar-refractivity contribution in [1.29, 1.82) is 0 Å². The number of hydrogen-bond acceptors (Lipinski definition) is 3. The van der Waals surface area contributed by atoms with E-state index in [9.17, 15) is 4.79 Å². The molecule has 0 aliphatic carbocycles. The average Bonchev–Trinajstić information content (AvgIpc) is 3.16. The number of rotatable bonds is 5. The second-order valence-electron chi connectivity index (χ2n) is 7.26. The van der Waals surface area contributed by atoms with Gasteiger partial charge in [-0.2, -0.15) is 10.2 Å². The van der Waals surface area contributed by atoms with Crippen LogP contribution in [-0.2, 0) is 13.0 Å². The minimum Gasteiger partial charge on any atom is -0.332 e. The lowest BCUT2D eigenvalue weighted by atomic mass is 10.0. The summed E-state index contributed by atoms with van der Waals surface area (Å²) in [7, 11) is 0. The van der Waals surface area contributed by atoms with Crippen molar-refractivity contribution in [1.82, 2.24) is 24.9 Å². The van der Waals surface area contributed by atoms with Crippen LogP contribution < -0.4 is 0 Å². The van der Waals surface area contributed by atoms with Gasteiger partial charge in [-0.05, 0) is 50.2 Å². The van der Waals surface area contributed by atoms with Crippen molar-refractivity contribution in [2.45, 2.75) is 59.0 Å². The van der Waals surface area contributed by atoms with E-state index in [0.717, 1.165) is 50.0 Å². The Morgan fingerprint density at radius 3 is 2.96 bits per heavy atom. The third-order valence-corrected chi connectivity index (χ3v) is 4.53. The summed E-state index contributed by atoms with van der Waals surface area (Å²) in [6, 6.07) is 2.10. The van der Waals surface area contributed by atoms with Crippen LogP contribution in [0, 0.1) is 12.8 Å². The smallest absolute Gasteiger partial charge is 0.274 e. The Bertz CT molecular complexity index is 687. The van der Waals surface area contributed by atoms with Crippen molar-refractivity contribution >= 4 is 5.91 Å². The van der Waals surface area contributed by atoms with E-state index in [1.807, 2.05) is 35.0 Å². The van der Waals surface area contributed by atoms with Gasteiger partial charge in [0.2, 0.25) is 0 Å². The molecule has 1 aliphatic rings. The minimum atomic E-state index is 0.0369. The highest BCUT2D eigenvalue weighted by Crippen LogP contribution is 2.21. The largest absolute Gasteiger partial charge is 0.332 e. The molecule has 24 heavy (non-hydrogen) atoms. The highest BCUT2D eigenvalue weighted by Gasteiger charge is 2.29. The molecule has 0 saturated carbocycles. The molecule has 6 nitrogen and oxygen atoms in total. The van der Waals surface area contributed by atoms with E-state index in [2.05, 4.69) is 29.1 Å². The Kier molecular flexibility index (Phi) is 5.02. The van der Waals surface area contributed by atoms with Crippen molar-refractivity contribution in [2.75, 3.05) is 6.54 Å². The Morgan fingerprint density at radius 2 is 2.25 bits per heavy atom. The summed E-state index contributed by atoms with van der Waals surface area (Å²) in [5.41, 5.74) is 2.72. The first kappa shape index (κ1) is 16.7. The van der Waals surface area contributed by atoms with Crippen LogP contribution in [0.5, 0.6) is 0 Å². The van der Waals surface area contributed by atoms with Crippen molar-refractivity contribution < 1.29 is 4.79 Å². The zero-order valence-corrected chi connectivity index (χ0v) is 14.8.